The number of aryl methyl sites for hydroxylation is 1. The predicted molar refractivity (Wildman–Crippen MR) is 114 cm³/mol. The lowest BCUT2D eigenvalue weighted by Crippen LogP contribution is -2.52. The van der Waals surface area contributed by atoms with Gasteiger partial charge in [0.25, 0.3) is 0 Å². The average molecular weight is 422 g/mol. The maximum atomic E-state index is 12.7. The zero-order chi connectivity index (χ0) is 20.8. The largest absolute Gasteiger partial charge is 0.496 e. The molecule has 1 amide bonds. The highest BCUT2D eigenvalue weighted by atomic mass is 32.2. The maximum Gasteiger partial charge on any atom is 0.320 e. The van der Waals surface area contributed by atoms with E-state index in [1.807, 2.05) is 11.0 Å². The van der Waals surface area contributed by atoms with Crippen LogP contribution in [0, 0.1) is 6.92 Å². The van der Waals surface area contributed by atoms with Gasteiger partial charge in [0.2, 0.25) is 5.91 Å². The zero-order valence-corrected chi connectivity index (χ0v) is 18.4. The van der Waals surface area contributed by atoms with E-state index in [4.69, 9.17) is 9.47 Å². The smallest absolute Gasteiger partial charge is 0.320 e. The first kappa shape index (κ1) is 21.9. The Hall–Kier alpha value is -1.77. The molecule has 8 heteroatoms. The van der Waals surface area contributed by atoms with Gasteiger partial charge in [-0.3, -0.25) is 19.4 Å². The first-order valence-electron chi connectivity index (χ1n) is 10.1. The highest BCUT2D eigenvalue weighted by molar-refractivity contribution is 8.00. The van der Waals surface area contributed by atoms with Crippen molar-refractivity contribution in [1.82, 2.24) is 14.7 Å². The number of thioether (sulfide) groups is 1. The minimum absolute atomic E-state index is 0.105. The van der Waals surface area contributed by atoms with E-state index in [2.05, 4.69) is 28.9 Å². The summed E-state index contributed by atoms with van der Waals surface area (Å²) in [6.45, 7) is 8.09. The minimum Gasteiger partial charge on any atom is -0.496 e. The van der Waals surface area contributed by atoms with E-state index in [1.165, 1.54) is 18.2 Å². The van der Waals surface area contributed by atoms with Gasteiger partial charge in [-0.2, -0.15) is 0 Å². The van der Waals surface area contributed by atoms with E-state index in [-0.39, 0.29) is 17.1 Å². The second kappa shape index (κ2) is 10.3. The molecule has 0 saturated carbocycles. The van der Waals surface area contributed by atoms with Crippen LogP contribution in [-0.2, 0) is 20.9 Å². The Morgan fingerprint density at radius 2 is 1.83 bits per heavy atom. The van der Waals surface area contributed by atoms with Crippen molar-refractivity contribution in [3.05, 3.63) is 29.3 Å². The molecule has 0 bridgehead atoms. The highest BCUT2D eigenvalue weighted by Gasteiger charge is 2.30. The van der Waals surface area contributed by atoms with Crippen molar-refractivity contribution in [1.29, 1.82) is 0 Å². The molecule has 0 N–H and O–H groups in total. The monoisotopic (exact) mass is 421 g/mol. The average Bonchev–Trinajstić information content (AvgIpc) is 2.75. The lowest BCUT2D eigenvalue weighted by atomic mass is 10.1. The first-order chi connectivity index (χ1) is 14.0. The molecule has 2 heterocycles. The van der Waals surface area contributed by atoms with Gasteiger partial charge in [0.15, 0.2) is 0 Å². The van der Waals surface area contributed by atoms with Crippen LogP contribution in [0.15, 0.2) is 18.2 Å². The van der Waals surface area contributed by atoms with Gasteiger partial charge in [0.05, 0.1) is 20.8 Å². The van der Waals surface area contributed by atoms with Gasteiger partial charge in [-0.25, -0.2) is 0 Å². The number of rotatable bonds is 6. The van der Waals surface area contributed by atoms with Crippen LogP contribution in [0.2, 0.25) is 0 Å². The van der Waals surface area contributed by atoms with Crippen LogP contribution < -0.4 is 4.74 Å². The van der Waals surface area contributed by atoms with Gasteiger partial charge < -0.3 is 14.4 Å². The highest BCUT2D eigenvalue weighted by Crippen LogP contribution is 2.22. The number of ether oxygens (including phenoxy) is 2. The molecule has 2 aliphatic heterocycles. The van der Waals surface area contributed by atoms with Crippen LogP contribution in [0.4, 0.5) is 0 Å². The molecule has 1 atom stereocenters. The number of hydrogen-bond acceptors (Lipinski definition) is 7. The molecule has 2 fully saturated rings. The Morgan fingerprint density at radius 3 is 2.52 bits per heavy atom. The van der Waals surface area contributed by atoms with E-state index in [0.29, 0.717) is 19.6 Å². The first-order valence-corrected chi connectivity index (χ1v) is 11.1. The van der Waals surface area contributed by atoms with E-state index < -0.39 is 0 Å². The van der Waals surface area contributed by atoms with Crippen LogP contribution in [0.5, 0.6) is 5.75 Å². The number of esters is 1. The van der Waals surface area contributed by atoms with Crippen LogP contribution in [0.25, 0.3) is 0 Å². The van der Waals surface area contributed by atoms with Crippen LogP contribution in [-0.4, -0.2) is 97.6 Å². The molecule has 29 heavy (non-hydrogen) atoms. The molecule has 0 aliphatic carbocycles. The van der Waals surface area contributed by atoms with Crippen LogP contribution in [0.3, 0.4) is 0 Å². The van der Waals surface area contributed by atoms with Crippen molar-refractivity contribution in [2.75, 3.05) is 65.8 Å². The van der Waals surface area contributed by atoms with Crippen molar-refractivity contribution in [2.45, 2.75) is 18.7 Å². The summed E-state index contributed by atoms with van der Waals surface area (Å²) in [5.74, 6) is 1.56. The van der Waals surface area contributed by atoms with E-state index in [0.717, 1.165) is 44.2 Å². The lowest BCUT2D eigenvalue weighted by Gasteiger charge is -2.37. The van der Waals surface area contributed by atoms with Crippen molar-refractivity contribution >= 4 is 23.6 Å². The molecule has 3 rings (SSSR count). The Kier molecular flexibility index (Phi) is 7.80. The molecule has 2 aliphatic rings. The second-order valence-electron chi connectivity index (χ2n) is 7.59. The molecule has 1 aromatic carbocycles. The van der Waals surface area contributed by atoms with Crippen molar-refractivity contribution in [3.8, 4) is 5.75 Å². The number of hydrogen-bond donors (Lipinski definition) is 0. The molecular weight excluding hydrogens is 390 g/mol. The number of benzene rings is 1. The predicted octanol–water partition coefficient (Wildman–Crippen LogP) is 1.24. The summed E-state index contributed by atoms with van der Waals surface area (Å²) in [5.41, 5.74) is 2.44. The molecule has 0 spiro atoms. The van der Waals surface area contributed by atoms with Gasteiger partial charge in [-0.05, 0) is 13.0 Å². The number of carbonyl (C=O) groups is 2. The van der Waals surface area contributed by atoms with Gasteiger partial charge >= 0.3 is 5.97 Å². The molecule has 2 saturated heterocycles. The number of methoxy groups -OCH3 is 2. The fraction of sp³-hybridized carbons (Fsp3) is 0.619. The summed E-state index contributed by atoms with van der Waals surface area (Å²) in [4.78, 5) is 30.9. The summed E-state index contributed by atoms with van der Waals surface area (Å²) in [5, 5.41) is -0.265. The normalized spacial score (nSPS) is 21.1. The van der Waals surface area contributed by atoms with Crippen molar-refractivity contribution < 1.29 is 19.1 Å². The third-order valence-electron chi connectivity index (χ3n) is 5.54. The Balaban J connectivity index is 1.47. The van der Waals surface area contributed by atoms with Crippen LogP contribution in [0.1, 0.15) is 11.1 Å². The number of piperazine rings is 1. The summed E-state index contributed by atoms with van der Waals surface area (Å²) in [6.07, 6.45) is 0. The number of carbonyl (C=O) groups excluding carboxylic acids is 2. The van der Waals surface area contributed by atoms with Gasteiger partial charge in [0.1, 0.15) is 11.0 Å². The van der Waals surface area contributed by atoms with E-state index in [1.54, 1.807) is 18.9 Å². The van der Waals surface area contributed by atoms with E-state index >= 15 is 0 Å². The van der Waals surface area contributed by atoms with Gasteiger partial charge in [-0.1, -0.05) is 17.7 Å². The minimum atomic E-state index is -0.265. The fourth-order valence-corrected chi connectivity index (χ4v) is 4.95. The zero-order valence-electron chi connectivity index (χ0n) is 17.6. The summed E-state index contributed by atoms with van der Waals surface area (Å²) in [7, 11) is 3.11. The number of amides is 1. The molecule has 0 unspecified atom stereocenters. The maximum absolute atomic E-state index is 12.7. The standard InChI is InChI=1S/C21H31N3O4S/c1-16-4-5-18(27-2)17(12-16)13-22-6-8-23(9-7-22)15-20(25)24-10-11-29-19(14-24)21(26)28-3/h4-5,12,19H,6-11,13-15H2,1-3H3/t19-/m0/s1. The molecule has 0 aromatic heterocycles. The van der Waals surface area contributed by atoms with Crippen molar-refractivity contribution in [3.63, 3.8) is 0 Å². The molecule has 160 valence electrons. The van der Waals surface area contributed by atoms with Gasteiger partial charge in [-0.15, -0.1) is 11.8 Å². The Morgan fingerprint density at radius 1 is 1.10 bits per heavy atom. The summed E-state index contributed by atoms with van der Waals surface area (Å²) < 4.78 is 10.3. The molecular formula is C21H31N3O4S. The SMILES string of the molecule is COC(=O)[C@@H]1CN(C(=O)CN2CCN(Cc3cc(C)ccc3OC)CC2)CCS1. The molecule has 0 radical (unpaired) electrons. The second-order valence-corrected chi connectivity index (χ2v) is 8.90. The molecule has 7 nitrogen and oxygen atoms in total. The van der Waals surface area contributed by atoms with E-state index in [9.17, 15) is 9.59 Å². The summed E-state index contributed by atoms with van der Waals surface area (Å²) >= 11 is 1.57. The topological polar surface area (TPSA) is 62.3 Å². The van der Waals surface area contributed by atoms with Gasteiger partial charge in [0, 0.05) is 57.1 Å². The fourth-order valence-electron chi connectivity index (χ4n) is 3.82. The third kappa shape index (κ3) is 5.87. The third-order valence-corrected chi connectivity index (χ3v) is 6.70. The Labute approximate surface area is 177 Å². The lowest BCUT2D eigenvalue weighted by molar-refractivity contribution is -0.141. The quantitative estimate of drug-likeness (QED) is 0.641. The number of nitrogens with zero attached hydrogens (tertiary/aromatic N) is 3. The van der Waals surface area contributed by atoms with Crippen LogP contribution >= 0.6 is 11.8 Å². The molecule has 1 aromatic rings. The van der Waals surface area contributed by atoms with Crippen molar-refractivity contribution in [2.24, 2.45) is 0 Å². The summed E-state index contributed by atoms with van der Waals surface area (Å²) in [6, 6.07) is 6.27. The Bertz CT molecular complexity index is 722.